The SMILES string of the molecule is CCNC(=NCCc1cccc(OC)c1)N1CCN(c2ccccn2)CC1. The number of aliphatic imine (C=N–C) groups is 1. The first-order chi connectivity index (χ1) is 13.3. The molecule has 27 heavy (non-hydrogen) atoms. The fraction of sp³-hybridized carbons (Fsp3) is 0.429. The zero-order valence-corrected chi connectivity index (χ0v) is 16.3. The number of rotatable bonds is 6. The number of nitrogens with one attached hydrogen (secondary N) is 1. The molecule has 0 aliphatic carbocycles. The number of anilines is 1. The van der Waals surface area contributed by atoms with Gasteiger partial charge in [-0.3, -0.25) is 4.99 Å². The number of piperazine rings is 1. The number of methoxy groups -OCH3 is 1. The summed E-state index contributed by atoms with van der Waals surface area (Å²) in [7, 11) is 1.70. The van der Waals surface area contributed by atoms with Crippen LogP contribution in [0.4, 0.5) is 5.82 Å². The lowest BCUT2D eigenvalue weighted by molar-refractivity contribution is 0.371. The van der Waals surface area contributed by atoms with Crippen molar-refractivity contribution < 1.29 is 4.74 Å². The van der Waals surface area contributed by atoms with Crippen molar-refractivity contribution >= 4 is 11.8 Å². The average Bonchev–Trinajstić information content (AvgIpc) is 2.74. The van der Waals surface area contributed by atoms with Crippen LogP contribution in [-0.4, -0.2) is 62.2 Å². The molecule has 0 atom stereocenters. The maximum absolute atomic E-state index is 5.30. The minimum atomic E-state index is 0.760. The molecular formula is C21H29N5O. The Balaban J connectivity index is 1.56. The zero-order valence-electron chi connectivity index (χ0n) is 16.3. The van der Waals surface area contributed by atoms with Gasteiger partial charge in [-0.05, 0) is 43.2 Å². The molecule has 1 saturated heterocycles. The van der Waals surface area contributed by atoms with Gasteiger partial charge in [0.15, 0.2) is 5.96 Å². The number of nitrogens with zero attached hydrogens (tertiary/aromatic N) is 4. The van der Waals surface area contributed by atoms with E-state index in [2.05, 4.69) is 45.2 Å². The van der Waals surface area contributed by atoms with E-state index in [0.717, 1.165) is 63.2 Å². The molecule has 2 heterocycles. The predicted molar refractivity (Wildman–Crippen MR) is 111 cm³/mol. The Bertz CT molecular complexity index is 726. The monoisotopic (exact) mass is 367 g/mol. The van der Waals surface area contributed by atoms with Gasteiger partial charge >= 0.3 is 0 Å². The topological polar surface area (TPSA) is 53.0 Å². The van der Waals surface area contributed by atoms with Crippen LogP contribution in [0.15, 0.2) is 53.7 Å². The molecular weight excluding hydrogens is 338 g/mol. The van der Waals surface area contributed by atoms with Gasteiger partial charge in [0.05, 0.1) is 7.11 Å². The minimum Gasteiger partial charge on any atom is -0.497 e. The van der Waals surface area contributed by atoms with E-state index >= 15 is 0 Å². The van der Waals surface area contributed by atoms with Crippen LogP contribution >= 0.6 is 0 Å². The number of guanidine groups is 1. The van der Waals surface area contributed by atoms with E-state index in [1.54, 1.807) is 7.11 Å². The van der Waals surface area contributed by atoms with E-state index in [4.69, 9.17) is 9.73 Å². The molecule has 0 saturated carbocycles. The predicted octanol–water partition coefficient (Wildman–Crippen LogP) is 2.42. The summed E-state index contributed by atoms with van der Waals surface area (Å²) in [6, 6.07) is 14.3. The summed E-state index contributed by atoms with van der Waals surface area (Å²) in [5.74, 6) is 2.95. The molecule has 3 rings (SSSR count). The highest BCUT2D eigenvalue weighted by Crippen LogP contribution is 2.14. The van der Waals surface area contributed by atoms with Crippen LogP contribution in [0.2, 0.25) is 0 Å². The molecule has 6 heteroatoms. The Labute approximate surface area is 161 Å². The van der Waals surface area contributed by atoms with E-state index in [1.807, 2.05) is 30.5 Å². The molecule has 1 aliphatic rings. The van der Waals surface area contributed by atoms with E-state index < -0.39 is 0 Å². The van der Waals surface area contributed by atoms with Crippen molar-refractivity contribution in [3.63, 3.8) is 0 Å². The second-order valence-corrected chi connectivity index (χ2v) is 6.50. The van der Waals surface area contributed by atoms with Gasteiger partial charge in [0.25, 0.3) is 0 Å². The molecule has 2 aromatic rings. The quantitative estimate of drug-likeness (QED) is 0.628. The van der Waals surface area contributed by atoms with Crippen LogP contribution < -0.4 is 15.0 Å². The van der Waals surface area contributed by atoms with Gasteiger partial charge in [0, 0.05) is 45.5 Å². The molecule has 1 aromatic carbocycles. The maximum Gasteiger partial charge on any atom is 0.194 e. The fourth-order valence-corrected chi connectivity index (χ4v) is 3.23. The van der Waals surface area contributed by atoms with Gasteiger partial charge < -0.3 is 19.9 Å². The second kappa shape index (κ2) is 9.80. The number of pyridine rings is 1. The standard InChI is InChI=1S/C21H29N5O/c1-3-22-21(24-12-10-18-7-6-8-19(17-18)27-2)26-15-13-25(14-16-26)20-9-4-5-11-23-20/h4-9,11,17H,3,10,12-16H2,1-2H3,(H,22,24). The lowest BCUT2D eigenvalue weighted by Crippen LogP contribution is -2.52. The Morgan fingerprint density at radius 1 is 1.15 bits per heavy atom. The van der Waals surface area contributed by atoms with Crippen LogP contribution in [0.25, 0.3) is 0 Å². The van der Waals surface area contributed by atoms with E-state index in [-0.39, 0.29) is 0 Å². The summed E-state index contributed by atoms with van der Waals surface area (Å²) in [4.78, 5) is 14.0. The van der Waals surface area contributed by atoms with Gasteiger partial charge in [-0.1, -0.05) is 18.2 Å². The van der Waals surface area contributed by atoms with Crippen molar-refractivity contribution in [1.29, 1.82) is 0 Å². The summed E-state index contributed by atoms with van der Waals surface area (Å²) in [6.45, 7) is 7.55. The fourth-order valence-electron chi connectivity index (χ4n) is 3.23. The first kappa shape index (κ1) is 19.0. The van der Waals surface area contributed by atoms with Crippen molar-refractivity contribution in [2.75, 3.05) is 51.3 Å². The average molecular weight is 367 g/mol. The van der Waals surface area contributed by atoms with Gasteiger partial charge in [-0.15, -0.1) is 0 Å². The lowest BCUT2D eigenvalue weighted by Gasteiger charge is -2.37. The van der Waals surface area contributed by atoms with Crippen molar-refractivity contribution in [2.24, 2.45) is 4.99 Å². The Kier molecular flexibility index (Phi) is 6.90. The van der Waals surface area contributed by atoms with Crippen molar-refractivity contribution in [3.05, 3.63) is 54.2 Å². The number of aromatic nitrogens is 1. The molecule has 1 aliphatic heterocycles. The van der Waals surface area contributed by atoms with Crippen molar-refractivity contribution in [2.45, 2.75) is 13.3 Å². The van der Waals surface area contributed by atoms with Gasteiger partial charge in [-0.25, -0.2) is 4.98 Å². The van der Waals surface area contributed by atoms with Gasteiger partial charge in [0.1, 0.15) is 11.6 Å². The van der Waals surface area contributed by atoms with E-state index in [0.29, 0.717) is 0 Å². The molecule has 0 bridgehead atoms. The third-order valence-corrected chi connectivity index (χ3v) is 4.68. The summed E-state index contributed by atoms with van der Waals surface area (Å²) < 4.78 is 5.30. The Morgan fingerprint density at radius 2 is 2.00 bits per heavy atom. The maximum atomic E-state index is 5.30. The molecule has 1 fully saturated rings. The molecule has 1 aromatic heterocycles. The molecule has 1 N–H and O–H groups in total. The van der Waals surface area contributed by atoms with Crippen LogP contribution in [0.3, 0.4) is 0 Å². The third-order valence-electron chi connectivity index (χ3n) is 4.68. The summed E-state index contributed by atoms with van der Waals surface area (Å²) in [6.07, 6.45) is 2.76. The minimum absolute atomic E-state index is 0.760. The highest BCUT2D eigenvalue weighted by Gasteiger charge is 2.20. The molecule has 0 radical (unpaired) electrons. The molecule has 0 unspecified atom stereocenters. The normalized spacial score (nSPS) is 15.0. The Hall–Kier alpha value is -2.76. The van der Waals surface area contributed by atoms with E-state index in [9.17, 15) is 0 Å². The van der Waals surface area contributed by atoms with Gasteiger partial charge in [0.2, 0.25) is 0 Å². The number of benzene rings is 1. The van der Waals surface area contributed by atoms with Crippen LogP contribution in [0.5, 0.6) is 5.75 Å². The van der Waals surface area contributed by atoms with Crippen LogP contribution in [0.1, 0.15) is 12.5 Å². The molecule has 144 valence electrons. The largest absolute Gasteiger partial charge is 0.497 e. The highest BCUT2D eigenvalue weighted by atomic mass is 16.5. The smallest absolute Gasteiger partial charge is 0.194 e. The molecule has 0 amide bonds. The lowest BCUT2D eigenvalue weighted by atomic mass is 10.1. The molecule has 0 spiro atoms. The first-order valence-electron chi connectivity index (χ1n) is 9.62. The third kappa shape index (κ3) is 5.36. The number of hydrogen-bond acceptors (Lipinski definition) is 4. The van der Waals surface area contributed by atoms with Crippen molar-refractivity contribution in [3.8, 4) is 5.75 Å². The number of hydrogen-bond donors (Lipinski definition) is 1. The molecule has 6 nitrogen and oxygen atoms in total. The highest BCUT2D eigenvalue weighted by molar-refractivity contribution is 5.80. The summed E-state index contributed by atoms with van der Waals surface area (Å²) in [5.41, 5.74) is 1.24. The summed E-state index contributed by atoms with van der Waals surface area (Å²) in [5, 5.41) is 3.43. The van der Waals surface area contributed by atoms with Crippen LogP contribution in [0, 0.1) is 0 Å². The summed E-state index contributed by atoms with van der Waals surface area (Å²) >= 11 is 0. The van der Waals surface area contributed by atoms with E-state index in [1.165, 1.54) is 5.56 Å². The zero-order chi connectivity index (χ0) is 18.9. The van der Waals surface area contributed by atoms with Crippen molar-refractivity contribution in [1.82, 2.24) is 15.2 Å². The second-order valence-electron chi connectivity index (χ2n) is 6.50. The van der Waals surface area contributed by atoms with Crippen LogP contribution in [-0.2, 0) is 6.42 Å². The first-order valence-corrected chi connectivity index (χ1v) is 9.62. The van der Waals surface area contributed by atoms with Gasteiger partial charge in [-0.2, -0.15) is 0 Å². The Morgan fingerprint density at radius 3 is 2.70 bits per heavy atom. The number of ether oxygens (including phenoxy) is 1.